The van der Waals surface area contributed by atoms with Gasteiger partial charge in [-0.25, -0.2) is 0 Å². The quantitative estimate of drug-likeness (QED) is 0.507. The second-order valence-electron chi connectivity index (χ2n) is 8.98. The molecule has 1 saturated heterocycles. The molecular formula is C27H35N3O3. The summed E-state index contributed by atoms with van der Waals surface area (Å²) in [7, 11) is 0. The average molecular weight is 450 g/mol. The van der Waals surface area contributed by atoms with Crippen molar-refractivity contribution in [2.75, 3.05) is 26.2 Å². The standard InChI is InChI=1S/C27H35N3O3/c1-3-30(4-2)16-5-17-33-22-11-8-20(9-12-22)24(18-21-10-15-26(31)28-21)25-14-13-23(19-6-7-19)27(32)29-25/h8-9,11-14,18-19,21H,3-7,10,15-17H2,1-2H3,(H,28,31)(H,29,32)/t21-/m1/s1. The molecule has 6 nitrogen and oxygen atoms in total. The van der Waals surface area contributed by atoms with Gasteiger partial charge in [0.1, 0.15) is 5.75 Å². The molecule has 0 radical (unpaired) electrons. The van der Waals surface area contributed by atoms with Gasteiger partial charge < -0.3 is 19.9 Å². The summed E-state index contributed by atoms with van der Waals surface area (Å²) in [5.74, 6) is 1.31. The van der Waals surface area contributed by atoms with Gasteiger partial charge in [-0.05, 0) is 68.5 Å². The molecule has 2 aromatic rings. The van der Waals surface area contributed by atoms with Gasteiger partial charge in [-0.15, -0.1) is 0 Å². The summed E-state index contributed by atoms with van der Waals surface area (Å²) in [6.07, 6.45) is 6.54. The van der Waals surface area contributed by atoms with E-state index in [4.69, 9.17) is 4.74 Å². The lowest BCUT2D eigenvalue weighted by atomic mass is 9.98. The second-order valence-corrected chi connectivity index (χ2v) is 8.98. The van der Waals surface area contributed by atoms with Crippen LogP contribution in [0.25, 0.3) is 5.57 Å². The number of ether oxygens (including phenoxy) is 1. The minimum atomic E-state index is -0.0323. The highest BCUT2D eigenvalue weighted by molar-refractivity contribution is 5.82. The predicted octanol–water partition coefficient (Wildman–Crippen LogP) is 4.07. The number of hydrogen-bond donors (Lipinski definition) is 2. The average Bonchev–Trinajstić information content (AvgIpc) is 3.59. The Labute approximate surface area is 196 Å². The van der Waals surface area contributed by atoms with Crippen molar-refractivity contribution in [2.24, 2.45) is 0 Å². The summed E-state index contributed by atoms with van der Waals surface area (Å²) < 4.78 is 5.94. The van der Waals surface area contributed by atoms with Crippen LogP contribution in [0.2, 0.25) is 0 Å². The highest BCUT2D eigenvalue weighted by atomic mass is 16.5. The summed E-state index contributed by atoms with van der Waals surface area (Å²) >= 11 is 0. The number of pyridine rings is 1. The van der Waals surface area contributed by atoms with Crippen LogP contribution in [0.1, 0.15) is 68.7 Å². The normalized spacial score (nSPS) is 18.6. The fourth-order valence-corrected chi connectivity index (χ4v) is 4.41. The molecule has 1 aromatic carbocycles. The molecule has 0 spiro atoms. The lowest BCUT2D eigenvalue weighted by Crippen LogP contribution is -2.25. The lowest BCUT2D eigenvalue weighted by molar-refractivity contribution is -0.119. The number of nitrogens with one attached hydrogen (secondary N) is 2. The zero-order valence-electron chi connectivity index (χ0n) is 19.7. The van der Waals surface area contributed by atoms with Crippen LogP contribution >= 0.6 is 0 Å². The van der Waals surface area contributed by atoms with Crippen molar-refractivity contribution in [3.05, 3.63) is 69.6 Å². The van der Waals surface area contributed by atoms with E-state index in [0.717, 1.165) is 73.5 Å². The Morgan fingerprint density at radius 3 is 2.42 bits per heavy atom. The molecule has 1 aliphatic carbocycles. The predicted molar refractivity (Wildman–Crippen MR) is 132 cm³/mol. The number of rotatable bonds is 11. The maximum atomic E-state index is 12.7. The molecule has 6 heteroatoms. The van der Waals surface area contributed by atoms with E-state index in [1.54, 1.807) is 0 Å². The molecule has 1 atom stereocenters. The minimum absolute atomic E-state index is 0.00971. The monoisotopic (exact) mass is 449 g/mol. The van der Waals surface area contributed by atoms with Gasteiger partial charge in [0.2, 0.25) is 5.91 Å². The Kier molecular flexibility index (Phi) is 7.65. The summed E-state index contributed by atoms with van der Waals surface area (Å²) in [6, 6.07) is 11.9. The van der Waals surface area contributed by atoms with E-state index in [0.29, 0.717) is 18.9 Å². The third-order valence-corrected chi connectivity index (χ3v) is 6.59. The smallest absolute Gasteiger partial charge is 0.251 e. The van der Waals surface area contributed by atoms with Crippen LogP contribution in [0, 0.1) is 0 Å². The van der Waals surface area contributed by atoms with E-state index >= 15 is 0 Å². The maximum absolute atomic E-state index is 12.7. The van der Waals surface area contributed by atoms with Crippen LogP contribution in [0.5, 0.6) is 5.75 Å². The van der Waals surface area contributed by atoms with Crippen LogP contribution in [0.15, 0.2) is 47.3 Å². The van der Waals surface area contributed by atoms with Crippen molar-refractivity contribution in [1.82, 2.24) is 15.2 Å². The van der Waals surface area contributed by atoms with E-state index in [1.807, 2.05) is 36.4 Å². The third kappa shape index (κ3) is 6.14. The molecule has 2 fully saturated rings. The van der Waals surface area contributed by atoms with Gasteiger partial charge in [-0.1, -0.05) is 38.1 Å². The highest BCUT2D eigenvalue weighted by Gasteiger charge is 2.26. The van der Waals surface area contributed by atoms with Crippen molar-refractivity contribution in [3.63, 3.8) is 0 Å². The van der Waals surface area contributed by atoms with Crippen LogP contribution in [-0.2, 0) is 4.79 Å². The first kappa shape index (κ1) is 23.3. The van der Waals surface area contributed by atoms with Crippen molar-refractivity contribution in [1.29, 1.82) is 0 Å². The first-order chi connectivity index (χ1) is 16.1. The van der Waals surface area contributed by atoms with E-state index in [-0.39, 0.29) is 17.5 Å². The summed E-state index contributed by atoms with van der Waals surface area (Å²) in [4.78, 5) is 29.9. The number of carbonyl (C=O) groups excluding carboxylic acids is 1. The SMILES string of the molecule is CCN(CC)CCCOc1ccc(C(=C[C@H]2CCC(=O)N2)c2ccc(C3CC3)c(=O)[nH]2)cc1. The molecule has 0 bridgehead atoms. The fraction of sp³-hybridized carbons (Fsp3) is 0.481. The van der Waals surface area contributed by atoms with Gasteiger partial charge in [0.05, 0.1) is 6.61 Å². The first-order valence-corrected chi connectivity index (χ1v) is 12.3. The van der Waals surface area contributed by atoms with Crippen molar-refractivity contribution in [2.45, 2.75) is 57.9 Å². The Morgan fingerprint density at radius 2 is 1.82 bits per heavy atom. The zero-order chi connectivity index (χ0) is 23.2. The van der Waals surface area contributed by atoms with Gasteiger partial charge in [-0.2, -0.15) is 0 Å². The molecule has 33 heavy (non-hydrogen) atoms. The van der Waals surface area contributed by atoms with Gasteiger partial charge in [0, 0.05) is 35.8 Å². The Hall–Kier alpha value is -2.86. The maximum Gasteiger partial charge on any atom is 0.251 e. The van der Waals surface area contributed by atoms with E-state index in [9.17, 15) is 9.59 Å². The molecule has 2 N–H and O–H groups in total. The van der Waals surface area contributed by atoms with Gasteiger partial charge in [0.25, 0.3) is 5.56 Å². The Morgan fingerprint density at radius 1 is 1.06 bits per heavy atom. The molecule has 1 aromatic heterocycles. The molecule has 1 saturated carbocycles. The summed E-state index contributed by atoms with van der Waals surface area (Å²) in [5, 5.41) is 3.01. The number of amides is 1. The molecule has 4 rings (SSSR count). The van der Waals surface area contributed by atoms with Crippen LogP contribution in [0.4, 0.5) is 0 Å². The first-order valence-electron chi connectivity index (χ1n) is 12.3. The molecule has 2 aliphatic rings. The summed E-state index contributed by atoms with van der Waals surface area (Å²) in [5.41, 5.74) is 3.56. The van der Waals surface area contributed by atoms with Crippen LogP contribution in [0.3, 0.4) is 0 Å². The number of benzene rings is 1. The van der Waals surface area contributed by atoms with Gasteiger partial charge in [-0.3, -0.25) is 9.59 Å². The van der Waals surface area contributed by atoms with E-state index in [2.05, 4.69) is 35.1 Å². The third-order valence-electron chi connectivity index (χ3n) is 6.59. The molecule has 1 aliphatic heterocycles. The Bertz CT molecular complexity index is 1030. The minimum Gasteiger partial charge on any atom is -0.494 e. The molecule has 1 amide bonds. The van der Waals surface area contributed by atoms with Gasteiger partial charge in [0.15, 0.2) is 0 Å². The largest absolute Gasteiger partial charge is 0.494 e. The van der Waals surface area contributed by atoms with Crippen molar-refractivity contribution in [3.8, 4) is 5.75 Å². The summed E-state index contributed by atoms with van der Waals surface area (Å²) in [6.45, 7) is 8.20. The molecule has 0 unspecified atom stereocenters. The highest BCUT2D eigenvalue weighted by Crippen LogP contribution is 2.38. The number of aromatic nitrogens is 1. The zero-order valence-corrected chi connectivity index (χ0v) is 19.7. The van der Waals surface area contributed by atoms with Gasteiger partial charge >= 0.3 is 0 Å². The van der Waals surface area contributed by atoms with Crippen LogP contribution in [-0.4, -0.2) is 48.1 Å². The van der Waals surface area contributed by atoms with Crippen molar-refractivity contribution >= 4 is 11.5 Å². The lowest BCUT2D eigenvalue weighted by Gasteiger charge is -2.17. The van der Waals surface area contributed by atoms with E-state index in [1.165, 1.54) is 0 Å². The topological polar surface area (TPSA) is 74.4 Å². The molecule has 176 valence electrons. The Balaban J connectivity index is 1.50. The fourth-order valence-electron chi connectivity index (χ4n) is 4.41. The molecule has 2 heterocycles. The number of hydrogen-bond acceptors (Lipinski definition) is 4. The number of aromatic amines is 1. The van der Waals surface area contributed by atoms with E-state index < -0.39 is 0 Å². The second kappa shape index (κ2) is 10.8. The number of nitrogens with zero attached hydrogens (tertiary/aromatic N) is 1. The van der Waals surface area contributed by atoms with Crippen molar-refractivity contribution < 1.29 is 9.53 Å². The molecular weight excluding hydrogens is 414 g/mol. The number of H-pyrrole nitrogens is 1. The number of carbonyl (C=O) groups is 1. The van der Waals surface area contributed by atoms with Crippen LogP contribution < -0.4 is 15.6 Å².